The van der Waals surface area contributed by atoms with Gasteiger partial charge in [-0.15, -0.1) is 0 Å². The first-order valence-electron chi connectivity index (χ1n) is 24.0. The molecule has 2 saturated heterocycles. The van der Waals surface area contributed by atoms with Gasteiger partial charge in [0.1, 0.15) is 35.6 Å². The molecule has 1 saturated carbocycles. The molecule has 2 aliphatic heterocycles. The van der Waals surface area contributed by atoms with Gasteiger partial charge >= 0.3 is 0 Å². The van der Waals surface area contributed by atoms with Crippen molar-refractivity contribution in [2.75, 3.05) is 14.2 Å². The summed E-state index contributed by atoms with van der Waals surface area (Å²) in [6, 6.07) is 44.0. The van der Waals surface area contributed by atoms with Gasteiger partial charge in [-0.3, -0.25) is 4.79 Å². The quantitative estimate of drug-likeness (QED) is 0.106. The molecule has 69 heavy (non-hydrogen) atoms. The first kappa shape index (κ1) is 47.1. The number of aliphatic hydroxyl groups is 1. The molecule has 360 valence electrons. The van der Waals surface area contributed by atoms with Gasteiger partial charge in [-0.05, 0) is 56.0 Å². The maximum atomic E-state index is 15.2. The summed E-state index contributed by atoms with van der Waals surface area (Å²) in [5.74, 6) is -0.325. The highest BCUT2D eigenvalue weighted by Gasteiger charge is 2.75. The van der Waals surface area contributed by atoms with E-state index in [-0.39, 0.29) is 50.8 Å². The van der Waals surface area contributed by atoms with Crippen molar-refractivity contribution >= 4 is 16.6 Å². The van der Waals surface area contributed by atoms with Crippen molar-refractivity contribution < 1.29 is 52.5 Å². The van der Waals surface area contributed by atoms with Gasteiger partial charge < -0.3 is 47.7 Å². The van der Waals surface area contributed by atoms with Crippen molar-refractivity contribution in [2.24, 2.45) is 0 Å². The molecular weight excluding hydrogens is 873 g/mol. The Balaban J connectivity index is 1.09. The lowest BCUT2D eigenvalue weighted by Gasteiger charge is -2.56. The summed E-state index contributed by atoms with van der Waals surface area (Å²) in [5.41, 5.74) is 0.964. The number of Topliss-reactive ketones (excluding diaryl/α,β-unsaturated/α-hetero) is 1. The number of hydrogen-bond donors (Lipinski definition) is 1. The molecule has 1 unspecified atom stereocenters. The summed E-state index contributed by atoms with van der Waals surface area (Å²) >= 11 is 0. The van der Waals surface area contributed by atoms with E-state index in [1.54, 1.807) is 14.2 Å². The maximum absolute atomic E-state index is 15.2. The number of methoxy groups -OCH3 is 2. The zero-order valence-corrected chi connectivity index (χ0v) is 40.3. The van der Waals surface area contributed by atoms with Crippen LogP contribution in [-0.2, 0) is 71.7 Å². The summed E-state index contributed by atoms with van der Waals surface area (Å²) < 4.78 is 60.7. The number of ketones is 1. The molecule has 2 heterocycles. The molecule has 0 amide bonds. The molecule has 0 aromatic heterocycles. The zero-order valence-electron chi connectivity index (χ0n) is 40.3. The van der Waals surface area contributed by atoms with Gasteiger partial charge in [-0.1, -0.05) is 127 Å². The average Bonchev–Trinajstić information content (AvgIpc) is 3.63. The van der Waals surface area contributed by atoms with Crippen molar-refractivity contribution in [3.63, 3.8) is 0 Å². The molecule has 0 bridgehead atoms. The van der Waals surface area contributed by atoms with Gasteiger partial charge in [0, 0.05) is 47.8 Å². The SMILES string of the molecule is COc1c2c(c(OC)c3c(OCc4ccccc4)c([C@H]4C[C@@H](OCc5ccccc5)[C@H](OCc5ccccc5)C(C)O4)ccc13)C[C@H]1OC(C)(C)O[C@]13C[C@@](C)(OCc1ccccc1)CC(=O)[C@]23O. The molecular formula is C58H62O11. The first-order valence-corrected chi connectivity index (χ1v) is 24.0. The molecule has 8 atom stereocenters. The third-order valence-electron chi connectivity index (χ3n) is 14.4. The van der Waals surface area contributed by atoms with Crippen molar-refractivity contribution in [3.8, 4) is 17.2 Å². The van der Waals surface area contributed by atoms with E-state index in [9.17, 15) is 5.11 Å². The topological polar surface area (TPSA) is 120 Å². The third kappa shape index (κ3) is 8.73. The zero-order chi connectivity index (χ0) is 48.0. The van der Waals surface area contributed by atoms with Crippen LogP contribution in [0.3, 0.4) is 0 Å². The largest absolute Gasteiger partial charge is 0.496 e. The molecule has 6 aromatic carbocycles. The standard InChI is InChI=1S/C58H62O11/c1-37-51(64-33-39-21-13-8-14-22-39)46(63-32-38-19-11-7-12-20-38)30-45(67-37)42-27-28-43-49(53(42)65-34-40-23-15-9-16-24-40)52(61-5)44-29-48-57(69-55(2,3)68-48)36-56(4,66-35-41-25-17-10-18-26-41)31-47(59)58(57,60)50(44)54(43)62-6/h7-28,37,45-46,48,51,60H,29-36H2,1-6H3/t37?,45-,46-,48-,51-,56+,57-,58+/m1/s1. The van der Waals surface area contributed by atoms with Gasteiger partial charge in [0.2, 0.25) is 0 Å². The highest BCUT2D eigenvalue weighted by molar-refractivity contribution is 6.04. The molecule has 4 aliphatic rings. The Morgan fingerprint density at radius 3 is 1.84 bits per heavy atom. The highest BCUT2D eigenvalue weighted by atomic mass is 16.8. The monoisotopic (exact) mass is 934 g/mol. The molecule has 0 radical (unpaired) electrons. The average molecular weight is 935 g/mol. The van der Waals surface area contributed by atoms with Crippen LogP contribution >= 0.6 is 0 Å². The van der Waals surface area contributed by atoms with Crippen LogP contribution in [0, 0.1) is 0 Å². The van der Waals surface area contributed by atoms with E-state index in [2.05, 4.69) is 24.3 Å². The smallest absolute Gasteiger partial charge is 0.183 e. The van der Waals surface area contributed by atoms with Crippen molar-refractivity contribution in [3.05, 3.63) is 172 Å². The predicted molar refractivity (Wildman–Crippen MR) is 260 cm³/mol. The molecule has 11 heteroatoms. The second-order valence-electron chi connectivity index (χ2n) is 19.7. The molecule has 6 aromatic rings. The summed E-state index contributed by atoms with van der Waals surface area (Å²) in [7, 11) is 3.17. The predicted octanol–water partition coefficient (Wildman–Crippen LogP) is 10.4. The van der Waals surface area contributed by atoms with Crippen LogP contribution in [-0.4, -0.2) is 66.5 Å². The second kappa shape index (κ2) is 18.9. The fraction of sp³-hybridized carbons (Fsp3) is 0.397. The Hall–Kier alpha value is -5.63. The van der Waals surface area contributed by atoms with E-state index >= 15 is 4.79 Å². The molecule has 3 fully saturated rings. The lowest BCUT2D eigenvalue weighted by atomic mass is 9.56. The van der Waals surface area contributed by atoms with Gasteiger partial charge in [0.25, 0.3) is 0 Å². The number of carbonyl (C=O) groups is 1. The Morgan fingerprint density at radius 1 is 0.681 bits per heavy atom. The lowest BCUT2D eigenvalue weighted by Crippen LogP contribution is -2.71. The van der Waals surface area contributed by atoms with E-state index in [1.165, 1.54) is 0 Å². The van der Waals surface area contributed by atoms with Crippen LogP contribution in [0.2, 0.25) is 0 Å². The minimum Gasteiger partial charge on any atom is -0.496 e. The lowest BCUT2D eigenvalue weighted by molar-refractivity contribution is -0.253. The summed E-state index contributed by atoms with van der Waals surface area (Å²) in [5, 5.41) is 14.8. The molecule has 1 spiro atoms. The van der Waals surface area contributed by atoms with Crippen LogP contribution in [0.4, 0.5) is 0 Å². The molecule has 10 rings (SSSR count). The number of rotatable bonds is 15. The van der Waals surface area contributed by atoms with Crippen LogP contribution in [0.15, 0.2) is 133 Å². The van der Waals surface area contributed by atoms with Gasteiger partial charge in [-0.2, -0.15) is 0 Å². The fourth-order valence-electron chi connectivity index (χ4n) is 11.4. The number of fused-ring (bicyclic) bond motifs is 3. The van der Waals surface area contributed by atoms with Gasteiger partial charge in [-0.25, -0.2) is 0 Å². The number of benzene rings is 6. The van der Waals surface area contributed by atoms with E-state index < -0.39 is 40.6 Å². The number of ether oxygens (including phenoxy) is 9. The van der Waals surface area contributed by atoms with Crippen LogP contribution in [0.25, 0.3) is 10.8 Å². The summed E-state index contributed by atoms with van der Waals surface area (Å²) in [6.45, 7) is 8.90. The van der Waals surface area contributed by atoms with Crippen molar-refractivity contribution in [1.82, 2.24) is 0 Å². The van der Waals surface area contributed by atoms with Crippen LogP contribution < -0.4 is 14.2 Å². The number of carbonyl (C=O) groups excluding carboxylic acids is 1. The van der Waals surface area contributed by atoms with Crippen LogP contribution in [0.5, 0.6) is 17.2 Å². The Bertz CT molecular complexity index is 2770. The van der Waals surface area contributed by atoms with Crippen molar-refractivity contribution in [2.45, 2.75) is 133 Å². The van der Waals surface area contributed by atoms with E-state index in [0.717, 1.165) is 27.8 Å². The van der Waals surface area contributed by atoms with Gasteiger partial charge in [0.05, 0.1) is 69.4 Å². The minimum absolute atomic E-state index is 0.0807. The molecule has 11 nitrogen and oxygen atoms in total. The molecule has 2 aliphatic carbocycles. The van der Waals surface area contributed by atoms with Crippen molar-refractivity contribution in [1.29, 1.82) is 0 Å². The normalized spacial score (nSPS) is 28.1. The third-order valence-corrected chi connectivity index (χ3v) is 14.4. The van der Waals surface area contributed by atoms with E-state index in [1.807, 2.05) is 137 Å². The summed E-state index contributed by atoms with van der Waals surface area (Å²) in [6.07, 6.45) is -1.61. The highest BCUT2D eigenvalue weighted by Crippen LogP contribution is 2.64. The fourth-order valence-corrected chi connectivity index (χ4v) is 11.4. The maximum Gasteiger partial charge on any atom is 0.183 e. The Kier molecular flexibility index (Phi) is 12.9. The van der Waals surface area contributed by atoms with E-state index in [0.29, 0.717) is 58.8 Å². The summed E-state index contributed by atoms with van der Waals surface area (Å²) in [4.78, 5) is 15.2. The first-order chi connectivity index (χ1) is 33.3. The van der Waals surface area contributed by atoms with Gasteiger partial charge in [0.15, 0.2) is 17.2 Å². The molecule has 1 N–H and O–H groups in total. The number of hydrogen-bond acceptors (Lipinski definition) is 11. The Morgan fingerprint density at radius 2 is 1.25 bits per heavy atom. The minimum atomic E-state index is -2.22. The van der Waals surface area contributed by atoms with E-state index in [4.69, 9.17) is 42.6 Å². The Labute approximate surface area is 404 Å². The van der Waals surface area contributed by atoms with Crippen LogP contribution in [0.1, 0.15) is 92.0 Å². The second-order valence-corrected chi connectivity index (χ2v) is 19.7.